The van der Waals surface area contributed by atoms with Gasteiger partial charge in [-0.2, -0.15) is 13.2 Å². The van der Waals surface area contributed by atoms with Crippen LogP contribution >= 0.6 is 0 Å². The smallest absolute Gasteiger partial charge is 0.352 e. The predicted octanol–water partition coefficient (Wildman–Crippen LogP) is 3.87. The molecule has 0 radical (unpaired) electrons. The van der Waals surface area contributed by atoms with Crippen LogP contribution in [0.3, 0.4) is 0 Å². The molecule has 0 bridgehead atoms. The highest BCUT2D eigenvalue weighted by Gasteiger charge is 2.57. The second-order valence-corrected chi connectivity index (χ2v) is 6.89. The molecule has 2 saturated carbocycles. The molecule has 0 heterocycles. The number of carbonyl (C=O) groups is 2. The maximum absolute atomic E-state index is 13.0. The summed E-state index contributed by atoms with van der Waals surface area (Å²) >= 11 is 0. The molecule has 3 rings (SSSR count). The van der Waals surface area contributed by atoms with Crippen LogP contribution in [0.4, 0.5) is 18.9 Å². The van der Waals surface area contributed by atoms with E-state index in [-0.39, 0.29) is 17.6 Å². The highest BCUT2D eigenvalue weighted by molar-refractivity contribution is 6.13. The van der Waals surface area contributed by atoms with Crippen molar-refractivity contribution in [3.8, 4) is 0 Å². The van der Waals surface area contributed by atoms with E-state index in [1.54, 1.807) is 0 Å². The minimum atomic E-state index is -4.56. The first kappa shape index (κ1) is 17.8. The van der Waals surface area contributed by atoms with Crippen LogP contribution in [0.5, 0.6) is 0 Å². The normalized spacial score (nSPS) is 20.0. The molecule has 2 amide bonds. The van der Waals surface area contributed by atoms with E-state index in [9.17, 15) is 22.8 Å². The van der Waals surface area contributed by atoms with Gasteiger partial charge >= 0.3 is 6.18 Å². The second-order valence-electron chi connectivity index (χ2n) is 6.89. The molecule has 0 unspecified atom stereocenters. The van der Waals surface area contributed by atoms with Gasteiger partial charge in [-0.1, -0.05) is 31.4 Å². The van der Waals surface area contributed by atoms with Crippen LogP contribution < -0.4 is 10.6 Å². The summed E-state index contributed by atoms with van der Waals surface area (Å²) in [4.78, 5) is 25.0. The van der Waals surface area contributed by atoms with Crippen molar-refractivity contribution >= 4 is 17.5 Å². The molecule has 2 fully saturated rings. The number of hydrogen-bond acceptors (Lipinski definition) is 2. The van der Waals surface area contributed by atoms with Gasteiger partial charge in [0.05, 0.1) is 11.3 Å². The molecule has 7 heteroatoms. The molecule has 0 spiro atoms. The molecule has 2 N–H and O–H groups in total. The molecule has 0 atom stereocenters. The Morgan fingerprint density at radius 2 is 1.64 bits per heavy atom. The lowest BCUT2D eigenvalue weighted by Crippen LogP contribution is -2.45. The second kappa shape index (κ2) is 6.69. The molecular weight excluding hydrogens is 333 g/mol. The molecule has 0 saturated heterocycles. The number of alkyl halides is 3. The highest BCUT2D eigenvalue weighted by Crippen LogP contribution is 2.47. The average Bonchev–Trinajstić information content (AvgIpc) is 3.37. The molecule has 0 aliphatic heterocycles. The van der Waals surface area contributed by atoms with Crippen molar-refractivity contribution in [2.45, 2.75) is 57.2 Å². The van der Waals surface area contributed by atoms with Gasteiger partial charge in [-0.15, -0.1) is 0 Å². The van der Waals surface area contributed by atoms with Gasteiger partial charge in [-0.05, 0) is 37.8 Å². The molecule has 2 aliphatic rings. The third-order valence-corrected chi connectivity index (χ3v) is 5.04. The van der Waals surface area contributed by atoms with E-state index in [1.165, 1.54) is 18.2 Å². The summed E-state index contributed by atoms with van der Waals surface area (Å²) in [5.74, 6) is -1.01. The Balaban J connectivity index is 1.70. The summed E-state index contributed by atoms with van der Waals surface area (Å²) in [6.45, 7) is 0. The van der Waals surface area contributed by atoms with Crippen LogP contribution in [-0.2, 0) is 15.8 Å². The largest absolute Gasteiger partial charge is 0.418 e. The fourth-order valence-corrected chi connectivity index (χ4v) is 3.33. The van der Waals surface area contributed by atoms with Gasteiger partial charge in [0.15, 0.2) is 0 Å². The van der Waals surface area contributed by atoms with Gasteiger partial charge in [0, 0.05) is 6.04 Å². The zero-order chi connectivity index (χ0) is 18.1. The lowest BCUT2D eigenvalue weighted by molar-refractivity contribution is -0.137. The van der Waals surface area contributed by atoms with E-state index in [1.807, 2.05) is 0 Å². The summed E-state index contributed by atoms with van der Waals surface area (Å²) in [7, 11) is 0. The Bertz CT molecular complexity index is 663. The maximum Gasteiger partial charge on any atom is 0.418 e. The fraction of sp³-hybridized carbons (Fsp3) is 0.556. The average molecular weight is 354 g/mol. The zero-order valence-electron chi connectivity index (χ0n) is 13.8. The van der Waals surface area contributed by atoms with Gasteiger partial charge in [0.2, 0.25) is 11.8 Å². The number of benzene rings is 1. The minimum Gasteiger partial charge on any atom is -0.352 e. The van der Waals surface area contributed by atoms with E-state index >= 15 is 0 Å². The van der Waals surface area contributed by atoms with Gasteiger partial charge in [0.25, 0.3) is 0 Å². The maximum atomic E-state index is 13.0. The number of anilines is 1. The standard InChI is InChI=1S/C18H21F3N2O2/c19-18(20,21)13-8-4-5-9-14(13)23-16(25)17(10-11-17)15(24)22-12-6-2-1-3-7-12/h4-5,8-9,12H,1-3,6-7,10-11H2,(H,22,24)(H,23,25). The van der Waals surface area contributed by atoms with Crippen molar-refractivity contribution in [2.24, 2.45) is 5.41 Å². The van der Waals surface area contributed by atoms with Gasteiger partial charge in [0.1, 0.15) is 5.41 Å². The van der Waals surface area contributed by atoms with Crippen LogP contribution in [0.2, 0.25) is 0 Å². The van der Waals surface area contributed by atoms with Crippen LogP contribution in [0.25, 0.3) is 0 Å². The number of carbonyl (C=O) groups excluding carboxylic acids is 2. The minimum absolute atomic E-state index is 0.0639. The number of hydrogen-bond donors (Lipinski definition) is 2. The topological polar surface area (TPSA) is 58.2 Å². The summed E-state index contributed by atoms with van der Waals surface area (Å²) < 4.78 is 39.1. The summed E-state index contributed by atoms with van der Waals surface area (Å²) in [6.07, 6.45) is 1.18. The third kappa shape index (κ3) is 3.80. The third-order valence-electron chi connectivity index (χ3n) is 5.04. The van der Waals surface area contributed by atoms with Crippen molar-refractivity contribution in [3.05, 3.63) is 29.8 Å². The van der Waals surface area contributed by atoms with E-state index in [4.69, 9.17) is 0 Å². The van der Waals surface area contributed by atoms with Crippen molar-refractivity contribution in [1.29, 1.82) is 0 Å². The lowest BCUT2D eigenvalue weighted by Gasteiger charge is -2.25. The monoisotopic (exact) mass is 354 g/mol. The van der Waals surface area contributed by atoms with Gasteiger partial charge in [-0.3, -0.25) is 9.59 Å². The number of para-hydroxylation sites is 1. The molecule has 0 aromatic heterocycles. The van der Waals surface area contributed by atoms with Gasteiger partial charge in [-0.25, -0.2) is 0 Å². The van der Waals surface area contributed by atoms with Crippen molar-refractivity contribution < 1.29 is 22.8 Å². The van der Waals surface area contributed by atoms with E-state index < -0.39 is 23.1 Å². The number of amides is 2. The predicted molar refractivity (Wildman–Crippen MR) is 86.8 cm³/mol. The van der Waals surface area contributed by atoms with Gasteiger partial charge < -0.3 is 10.6 Å². The van der Waals surface area contributed by atoms with Crippen LogP contribution in [0.15, 0.2) is 24.3 Å². The Morgan fingerprint density at radius 3 is 2.24 bits per heavy atom. The summed E-state index contributed by atoms with van der Waals surface area (Å²) in [5, 5.41) is 5.23. The number of nitrogens with one attached hydrogen (secondary N) is 2. The Morgan fingerprint density at radius 1 is 1.00 bits per heavy atom. The molecular formula is C18H21F3N2O2. The van der Waals surface area contributed by atoms with E-state index in [0.29, 0.717) is 12.8 Å². The first-order chi connectivity index (χ1) is 11.8. The van der Waals surface area contributed by atoms with E-state index in [2.05, 4.69) is 10.6 Å². The zero-order valence-corrected chi connectivity index (χ0v) is 13.8. The van der Waals surface area contributed by atoms with Crippen LogP contribution in [0.1, 0.15) is 50.5 Å². The summed E-state index contributed by atoms with van der Waals surface area (Å²) in [6, 6.07) is 4.87. The fourth-order valence-electron chi connectivity index (χ4n) is 3.33. The van der Waals surface area contributed by atoms with E-state index in [0.717, 1.165) is 38.2 Å². The molecule has 136 valence electrons. The molecule has 1 aromatic carbocycles. The Hall–Kier alpha value is -2.05. The molecule has 1 aromatic rings. The Labute approximate surface area is 144 Å². The van der Waals surface area contributed by atoms with Crippen LogP contribution in [0, 0.1) is 5.41 Å². The van der Waals surface area contributed by atoms with Crippen molar-refractivity contribution in [3.63, 3.8) is 0 Å². The molecule has 2 aliphatic carbocycles. The SMILES string of the molecule is O=C(Nc1ccccc1C(F)(F)F)C1(C(=O)NC2CCCCC2)CC1. The number of rotatable bonds is 4. The lowest BCUT2D eigenvalue weighted by atomic mass is 9.94. The Kier molecular flexibility index (Phi) is 4.75. The first-order valence-corrected chi connectivity index (χ1v) is 8.61. The summed E-state index contributed by atoms with van der Waals surface area (Å²) in [5.41, 5.74) is -2.44. The quantitative estimate of drug-likeness (QED) is 0.807. The molecule has 4 nitrogen and oxygen atoms in total. The van der Waals surface area contributed by atoms with Crippen molar-refractivity contribution in [1.82, 2.24) is 5.32 Å². The number of halogens is 3. The highest BCUT2D eigenvalue weighted by atomic mass is 19.4. The molecule has 25 heavy (non-hydrogen) atoms. The first-order valence-electron chi connectivity index (χ1n) is 8.61. The van der Waals surface area contributed by atoms with Crippen LogP contribution in [-0.4, -0.2) is 17.9 Å². The van der Waals surface area contributed by atoms with Crippen molar-refractivity contribution in [2.75, 3.05) is 5.32 Å².